The van der Waals surface area contributed by atoms with Crippen molar-refractivity contribution >= 4 is 17.9 Å². The van der Waals surface area contributed by atoms with Crippen molar-refractivity contribution in [1.82, 2.24) is 0 Å². The van der Waals surface area contributed by atoms with Crippen LogP contribution in [0.5, 0.6) is 11.5 Å². The van der Waals surface area contributed by atoms with Crippen LogP contribution in [0.25, 0.3) is 11.1 Å². The Balaban J connectivity index is 1.39. The molecule has 14 heteroatoms. The maximum absolute atomic E-state index is 13.3. The van der Waals surface area contributed by atoms with Gasteiger partial charge in [-0.3, -0.25) is 0 Å². The fraction of sp³-hybridized carbons (Fsp3) is 0.432. The van der Waals surface area contributed by atoms with Crippen molar-refractivity contribution < 1.29 is 64.1 Å². The summed E-state index contributed by atoms with van der Waals surface area (Å²) in [6.45, 7) is 3.40. The number of carbonyl (C=O) groups is 3. The van der Waals surface area contributed by atoms with Crippen molar-refractivity contribution in [3.63, 3.8) is 0 Å². The van der Waals surface area contributed by atoms with Crippen LogP contribution in [0.1, 0.15) is 85.9 Å². The molecule has 0 fully saturated rings. The summed E-state index contributed by atoms with van der Waals surface area (Å²) in [6.07, 6.45) is -1.10. The number of hydrogen-bond acceptors (Lipinski definition) is 7. The number of halogens is 7. The summed E-state index contributed by atoms with van der Waals surface area (Å²) < 4.78 is 109. The molecule has 3 rings (SSSR count). The topological polar surface area (TPSA) is 88.1 Å². The van der Waals surface area contributed by atoms with Gasteiger partial charge in [0.05, 0.1) is 30.4 Å². The molecule has 0 aliphatic rings. The zero-order valence-corrected chi connectivity index (χ0v) is 28.1. The van der Waals surface area contributed by atoms with E-state index in [9.17, 15) is 45.1 Å². The summed E-state index contributed by atoms with van der Waals surface area (Å²) in [5, 5.41) is 0. The Labute approximate surface area is 291 Å². The van der Waals surface area contributed by atoms with Gasteiger partial charge in [-0.25, -0.2) is 14.4 Å². The lowest BCUT2D eigenvalue weighted by molar-refractivity contribution is -0.348. The minimum absolute atomic E-state index is 0.0628. The van der Waals surface area contributed by atoms with Gasteiger partial charge in [0.25, 0.3) is 0 Å². The Hall–Kier alpha value is -4.62. The lowest BCUT2D eigenvalue weighted by Crippen LogP contribution is -2.56. The van der Waals surface area contributed by atoms with Crippen LogP contribution in [0.4, 0.5) is 30.7 Å². The monoisotopic (exact) mass is 728 g/mol. The minimum Gasteiger partial charge on any atom is -0.494 e. The van der Waals surface area contributed by atoms with Gasteiger partial charge in [0.1, 0.15) is 11.5 Å². The van der Waals surface area contributed by atoms with Crippen molar-refractivity contribution in [3.8, 4) is 22.6 Å². The summed E-state index contributed by atoms with van der Waals surface area (Å²) in [5.74, 6) is -15.8. The number of hydrogen-bond donors (Lipinski definition) is 0. The molecular weight excluding hydrogens is 689 g/mol. The molecule has 0 spiro atoms. The number of benzene rings is 3. The van der Waals surface area contributed by atoms with Gasteiger partial charge in [-0.1, -0.05) is 50.5 Å². The third-order valence-electron chi connectivity index (χ3n) is 7.68. The van der Waals surface area contributed by atoms with Crippen molar-refractivity contribution in [1.29, 1.82) is 0 Å². The molecule has 0 aliphatic carbocycles. The zero-order chi connectivity index (χ0) is 37.7. The molecule has 278 valence electrons. The van der Waals surface area contributed by atoms with Crippen LogP contribution in [0, 0.1) is 0 Å². The van der Waals surface area contributed by atoms with E-state index in [4.69, 9.17) is 14.2 Å². The second-order valence-corrected chi connectivity index (χ2v) is 11.8. The molecular formula is C37H39F7O7. The standard InChI is InChI=1S/C37H39F7O7/c1-3-4-5-7-10-25(2)50-32(45)29-17-21-31(22-18-29)51-33(46)28-13-11-26(12-14-28)27-15-19-30(20-16-27)48-23-8-6-9-24-49-34(47)35(38,39)36(40,41)37(42,43)44/h11-22,25H,3-10,23-24H2,1-2H3/t25-/m0/s1. The fourth-order valence-electron chi connectivity index (χ4n) is 4.67. The fourth-order valence-corrected chi connectivity index (χ4v) is 4.67. The van der Waals surface area contributed by atoms with Crippen LogP contribution in [-0.4, -0.2) is 55.2 Å². The van der Waals surface area contributed by atoms with Crippen LogP contribution >= 0.6 is 0 Å². The van der Waals surface area contributed by atoms with E-state index in [0.29, 0.717) is 23.3 Å². The first-order chi connectivity index (χ1) is 24.1. The van der Waals surface area contributed by atoms with Gasteiger partial charge in [-0.15, -0.1) is 0 Å². The third-order valence-corrected chi connectivity index (χ3v) is 7.68. The van der Waals surface area contributed by atoms with Crippen molar-refractivity contribution in [3.05, 3.63) is 83.9 Å². The molecule has 0 unspecified atom stereocenters. The molecule has 3 aromatic carbocycles. The Morgan fingerprint density at radius 3 is 1.73 bits per heavy atom. The summed E-state index contributed by atoms with van der Waals surface area (Å²) >= 11 is 0. The van der Waals surface area contributed by atoms with E-state index in [0.717, 1.165) is 43.2 Å². The molecule has 0 radical (unpaired) electrons. The second-order valence-electron chi connectivity index (χ2n) is 11.8. The Bertz CT molecular complexity index is 1560. The van der Waals surface area contributed by atoms with Crippen LogP contribution in [0.3, 0.4) is 0 Å². The maximum Gasteiger partial charge on any atom is 0.460 e. The molecule has 0 aromatic heterocycles. The SMILES string of the molecule is CCCCCC[C@H](C)OC(=O)c1ccc(OC(=O)c2ccc(-c3ccc(OCCCCCOC(=O)C(F)(F)C(F)(F)C(F)(F)F)cc3)cc2)cc1. The summed E-state index contributed by atoms with van der Waals surface area (Å²) in [5.41, 5.74) is 2.28. The quantitative estimate of drug-likeness (QED) is 0.0526. The Morgan fingerprint density at radius 2 is 1.14 bits per heavy atom. The predicted molar refractivity (Wildman–Crippen MR) is 173 cm³/mol. The van der Waals surface area contributed by atoms with Gasteiger partial charge in [0.2, 0.25) is 0 Å². The van der Waals surface area contributed by atoms with Crippen LogP contribution < -0.4 is 9.47 Å². The molecule has 0 N–H and O–H groups in total. The highest BCUT2D eigenvalue weighted by atomic mass is 19.4. The van der Waals surface area contributed by atoms with Crippen LogP contribution in [0.15, 0.2) is 72.8 Å². The van der Waals surface area contributed by atoms with Gasteiger partial charge in [0, 0.05) is 0 Å². The average Bonchev–Trinajstić information content (AvgIpc) is 3.09. The van der Waals surface area contributed by atoms with Crippen molar-refractivity contribution in [2.45, 2.75) is 89.3 Å². The molecule has 1 atom stereocenters. The van der Waals surface area contributed by atoms with Crippen molar-refractivity contribution in [2.75, 3.05) is 13.2 Å². The van der Waals surface area contributed by atoms with Gasteiger partial charge in [-0.2, -0.15) is 30.7 Å². The van der Waals surface area contributed by atoms with Crippen LogP contribution in [0.2, 0.25) is 0 Å². The normalized spacial score (nSPS) is 12.6. The summed E-state index contributed by atoms with van der Waals surface area (Å²) in [7, 11) is 0. The Kier molecular flexibility index (Phi) is 14.9. The number of rotatable bonds is 19. The second kappa shape index (κ2) is 18.6. The molecule has 0 heterocycles. The third kappa shape index (κ3) is 11.7. The number of ether oxygens (including phenoxy) is 4. The van der Waals surface area contributed by atoms with E-state index >= 15 is 0 Å². The van der Waals surface area contributed by atoms with E-state index in [1.54, 1.807) is 60.7 Å². The molecule has 0 aliphatic heterocycles. The predicted octanol–water partition coefficient (Wildman–Crippen LogP) is 10.0. The van der Waals surface area contributed by atoms with Gasteiger partial charge >= 0.3 is 35.9 Å². The first kappa shape index (κ1) is 40.8. The van der Waals surface area contributed by atoms with E-state index in [-0.39, 0.29) is 31.3 Å². The highest BCUT2D eigenvalue weighted by molar-refractivity contribution is 5.92. The van der Waals surface area contributed by atoms with Gasteiger partial charge < -0.3 is 18.9 Å². The number of unbranched alkanes of at least 4 members (excludes halogenated alkanes) is 5. The Morgan fingerprint density at radius 1 is 0.627 bits per heavy atom. The van der Waals surface area contributed by atoms with Crippen molar-refractivity contribution in [2.24, 2.45) is 0 Å². The van der Waals surface area contributed by atoms with E-state index in [1.165, 1.54) is 12.1 Å². The smallest absolute Gasteiger partial charge is 0.460 e. The van der Waals surface area contributed by atoms with Gasteiger partial charge in [0.15, 0.2) is 0 Å². The van der Waals surface area contributed by atoms with E-state index < -0.39 is 42.5 Å². The lowest BCUT2D eigenvalue weighted by Gasteiger charge is -2.26. The number of esters is 3. The largest absolute Gasteiger partial charge is 0.494 e. The lowest BCUT2D eigenvalue weighted by atomic mass is 10.0. The first-order valence-electron chi connectivity index (χ1n) is 16.4. The molecule has 0 saturated carbocycles. The molecule has 0 amide bonds. The zero-order valence-electron chi connectivity index (χ0n) is 28.1. The van der Waals surface area contributed by atoms with Crippen LogP contribution in [-0.2, 0) is 14.3 Å². The minimum atomic E-state index is -6.62. The average molecular weight is 729 g/mol. The van der Waals surface area contributed by atoms with E-state index in [2.05, 4.69) is 11.7 Å². The van der Waals surface area contributed by atoms with E-state index in [1.807, 2.05) is 6.92 Å². The first-order valence-corrected chi connectivity index (χ1v) is 16.4. The number of alkyl halides is 7. The highest BCUT2D eigenvalue weighted by Gasteiger charge is 2.77. The molecule has 3 aromatic rings. The number of carbonyl (C=O) groups excluding carboxylic acids is 3. The maximum atomic E-state index is 13.3. The highest BCUT2D eigenvalue weighted by Crippen LogP contribution is 2.47. The molecule has 7 nitrogen and oxygen atoms in total. The summed E-state index contributed by atoms with van der Waals surface area (Å²) in [4.78, 5) is 36.3. The molecule has 51 heavy (non-hydrogen) atoms. The van der Waals surface area contributed by atoms with Gasteiger partial charge in [-0.05, 0) is 98.7 Å². The summed E-state index contributed by atoms with van der Waals surface area (Å²) in [6, 6.07) is 19.8. The molecule has 0 bridgehead atoms. The molecule has 0 saturated heterocycles.